The molecule has 2 nitrogen and oxygen atoms in total. The van der Waals surface area contributed by atoms with Crippen LogP contribution in [0.3, 0.4) is 0 Å². The molecule has 0 aliphatic carbocycles. The molecule has 1 unspecified atom stereocenters. The fraction of sp³-hybridized carbons (Fsp3) is 0.600. The second-order valence-corrected chi connectivity index (χ2v) is 5.85. The van der Waals surface area contributed by atoms with Crippen LogP contribution >= 0.6 is 12.4 Å². The second kappa shape index (κ2) is 7.22. The van der Waals surface area contributed by atoms with Crippen molar-refractivity contribution in [2.75, 3.05) is 33.2 Å². The third kappa shape index (κ3) is 5.09. The fourth-order valence-electron chi connectivity index (χ4n) is 2.71. The highest BCUT2D eigenvalue weighted by molar-refractivity contribution is 5.85. The van der Waals surface area contributed by atoms with E-state index in [1.54, 1.807) is 0 Å². The smallest absolute Gasteiger partial charge is 0.123 e. The Bertz CT molecular complexity index is 374. The van der Waals surface area contributed by atoms with Gasteiger partial charge >= 0.3 is 0 Å². The Balaban J connectivity index is 0.00000180. The molecule has 2 rings (SSSR count). The molecule has 1 heterocycles. The van der Waals surface area contributed by atoms with Gasteiger partial charge < -0.3 is 10.2 Å². The summed E-state index contributed by atoms with van der Waals surface area (Å²) in [6.45, 7) is 6.76. The van der Waals surface area contributed by atoms with Crippen LogP contribution in [0.15, 0.2) is 24.3 Å². The van der Waals surface area contributed by atoms with E-state index in [4.69, 9.17) is 0 Å². The Labute approximate surface area is 121 Å². The number of nitrogens with one attached hydrogen (secondary N) is 1. The van der Waals surface area contributed by atoms with E-state index in [0.717, 1.165) is 32.6 Å². The molecule has 1 fully saturated rings. The molecular weight excluding hydrogens is 263 g/mol. The molecule has 19 heavy (non-hydrogen) atoms. The quantitative estimate of drug-likeness (QED) is 0.895. The van der Waals surface area contributed by atoms with Crippen molar-refractivity contribution in [1.29, 1.82) is 0 Å². The Morgan fingerprint density at radius 2 is 2.00 bits per heavy atom. The van der Waals surface area contributed by atoms with Gasteiger partial charge in [0, 0.05) is 19.6 Å². The number of hydrogen-bond donors (Lipinski definition) is 1. The van der Waals surface area contributed by atoms with Crippen LogP contribution in [0.4, 0.5) is 4.39 Å². The summed E-state index contributed by atoms with van der Waals surface area (Å²) >= 11 is 0. The average molecular weight is 287 g/mol. The summed E-state index contributed by atoms with van der Waals surface area (Å²) < 4.78 is 12.8. The highest BCUT2D eigenvalue weighted by Crippen LogP contribution is 2.25. The van der Waals surface area contributed by atoms with E-state index in [-0.39, 0.29) is 18.2 Å². The molecule has 0 spiro atoms. The van der Waals surface area contributed by atoms with Gasteiger partial charge in [-0.1, -0.05) is 19.1 Å². The summed E-state index contributed by atoms with van der Waals surface area (Å²) in [4.78, 5) is 2.39. The maximum atomic E-state index is 12.8. The first-order valence-electron chi connectivity index (χ1n) is 6.71. The van der Waals surface area contributed by atoms with E-state index in [2.05, 4.69) is 24.2 Å². The lowest BCUT2D eigenvalue weighted by Gasteiger charge is -2.29. The van der Waals surface area contributed by atoms with E-state index >= 15 is 0 Å². The molecule has 0 bridgehead atoms. The summed E-state index contributed by atoms with van der Waals surface area (Å²) in [6, 6.07) is 6.83. The van der Waals surface area contributed by atoms with Gasteiger partial charge in [0.2, 0.25) is 0 Å². The number of nitrogens with zero attached hydrogens (tertiary/aromatic N) is 1. The number of hydrogen-bond acceptors (Lipinski definition) is 2. The Hall–Kier alpha value is -0.640. The molecule has 108 valence electrons. The maximum absolute atomic E-state index is 12.8. The lowest BCUT2D eigenvalue weighted by atomic mass is 9.89. The van der Waals surface area contributed by atoms with Crippen molar-refractivity contribution in [3.8, 4) is 0 Å². The van der Waals surface area contributed by atoms with Gasteiger partial charge in [-0.25, -0.2) is 4.39 Å². The molecule has 1 aliphatic rings. The first-order chi connectivity index (χ1) is 8.57. The zero-order chi connectivity index (χ0) is 13.0. The van der Waals surface area contributed by atoms with Crippen molar-refractivity contribution in [3.05, 3.63) is 35.6 Å². The van der Waals surface area contributed by atoms with Crippen molar-refractivity contribution < 1.29 is 4.39 Å². The minimum Gasteiger partial charge on any atom is -0.316 e. The van der Waals surface area contributed by atoms with Crippen molar-refractivity contribution >= 4 is 12.4 Å². The van der Waals surface area contributed by atoms with Crippen molar-refractivity contribution in [2.45, 2.75) is 19.8 Å². The van der Waals surface area contributed by atoms with E-state index in [9.17, 15) is 4.39 Å². The predicted molar refractivity (Wildman–Crippen MR) is 80.4 cm³/mol. The number of rotatable bonds is 5. The van der Waals surface area contributed by atoms with Gasteiger partial charge in [-0.05, 0) is 49.5 Å². The van der Waals surface area contributed by atoms with Crippen LogP contribution in [-0.4, -0.2) is 38.1 Å². The lowest BCUT2D eigenvalue weighted by molar-refractivity contribution is 0.211. The van der Waals surface area contributed by atoms with Crippen molar-refractivity contribution in [3.63, 3.8) is 0 Å². The van der Waals surface area contributed by atoms with Gasteiger partial charge in [-0.15, -0.1) is 12.4 Å². The molecule has 0 radical (unpaired) electrons. The van der Waals surface area contributed by atoms with Crippen LogP contribution < -0.4 is 5.32 Å². The largest absolute Gasteiger partial charge is 0.316 e. The first-order valence-corrected chi connectivity index (χ1v) is 6.71. The molecule has 1 N–H and O–H groups in total. The van der Waals surface area contributed by atoms with Gasteiger partial charge in [0.25, 0.3) is 0 Å². The summed E-state index contributed by atoms with van der Waals surface area (Å²) in [5, 5.41) is 3.43. The Morgan fingerprint density at radius 1 is 1.32 bits per heavy atom. The Kier molecular flexibility index (Phi) is 6.24. The molecule has 1 saturated heterocycles. The fourth-order valence-corrected chi connectivity index (χ4v) is 2.71. The average Bonchev–Trinajstić information content (AvgIpc) is 2.75. The summed E-state index contributed by atoms with van der Waals surface area (Å²) in [5.74, 6) is -0.156. The first kappa shape index (κ1) is 16.4. The molecule has 4 heteroatoms. The molecule has 1 aliphatic heterocycles. The maximum Gasteiger partial charge on any atom is 0.123 e. The highest BCUT2D eigenvalue weighted by atomic mass is 35.5. The number of likely N-dealkylation sites (N-methyl/N-ethyl adjacent to an activating group) is 1. The van der Waals surface area contributed by atoms with Crippen LogP contribution in [-0.2, 0) is 6.42 Å². The minimum atomic E-state index is -0.156. The van der Waals surface area contributed by atoms with Gasteiger partial charge in [0.15, 0.2) is 0 Å². The Morgan fingerprint density at radius 3 is 2.58 bits per heavy atom. The van der Waals surface area contributed by atoms with Gasteiger partial charge in [0.05, 0.1) is 0 Å². The van der Waals surface area contributed by atoms with Gasteiger partial charge in [-0.2, -0.15) is 0 Å². The second-order valence-electron chi connectivity index (χ2n) is 5.85. The highest BCUT2D eigenvalue weighted by Gasteiger charge is 2.29. The zero-order valence-electron chi connectivity index (χ0n) is 11.8. The van der Waals surface area contributed by atoms with E-state index < -0.39 is 0 Å². The van der Waals surface area contributed by atoms with Crippen LogP contribution in [0, 0.1) is 11.2 Å². The number of halogens is 2. The van der Waals surface area contributed by atoms with Gasteiger partial charge in [0.1, 0.15) is 5.82 Å². The molecule has 0 aromatic heterocycles. The topological polar surface area (TPSA) is 15.3 Å². The van der Waals surface area contributed by atoms with E-state index in [1.807, 2.05) is 12.1 Å². The SMILES string of the molecule is CN(CCc1ccc(F)cc1)CC1(C)CCNC1.Cl. The molecular formula is C15H24ClFN2. The summed E-state index contributed by atoms with van der Waals surface area (Å²) in [6.07, 6.45) is 2.24. The van der Waals surface area contributed by atoms with Gasteiger partial charge in [-0.3, -0.25) is 0 Å². The van der Waals surface area contributed by atoms with Crippen LogP contribution in [0.5, 0.6) is 0 Å². The van der Waals surface area contributed by atoms with E-state index in [0.29, 0.717) is 5.41 Å². The third-order valence-corrected chi connectivity index (χ3v) is 3.80. The summed E-state index contributed by atoms with van der Waals surface area (Å²) in [5.41, 5.74) is 1.62. The normalized spacial score (nSPS) is 22.5. The monoisotopic (exact) mass is 286 g/mol. The molecule has 1 atom stereocenters. The predicted octanol–water partition coefficient (Wildman–Crippen LogP) is 2.72. The zero-order valence-corrected chi connectivity index (χ0v) is 12.6. The molecule has 0 amide bonds. The molecule has 0 saturated carbocycles. The number of benzene rings is 1. The lowest BCUT2D eigenvalue weighted by Crippen LogP contribution is -2.36. The standard InChI is InChI=1S/C15H23FN2.ClH/c1-15(8-9-17-11-15)12-18(2)10-7-13-3-5-14(16)6-4-13;/h3-6,17H,7-12H2,1-2H3;1H. The summed E-state index contributed by atoms with van der Waals surface area (Å²) in [7, 11) is 2.17. The minimum absolute atomic E-state index is 0. The molecule has 1 aromatic carbocycles. The van der Waals surface area contributed by atoms with E-state index in [1.165, 1.54) is 24.1 Å². The third-order valence-electron chi connectivity index (χ3n) is 3.80. The van der Waals surface area contributed by atoms with Crippen LogP contribution in [0.2, 0.25) is 0 Å². The van der Waals surface area contributed by atoms with Crippen molar-refractivity contribution in [2.24, 2.45) is 5.41 Å². The van der Waals surface area contributed by atoms with Crippen LogP contribution in [0.1, 0.15) is 18.9 Å². The molecule has 1 aromatic rings. The van der Waals surface area contributed by atoms with Crippen LogP contribution in [0.25, 0.3) is 0 Å². The van der Waals surface area contributed by atoms with Crippen molar-refractivity contribution in [1.82, 2.24) is 10.2 Å².